The first kappa shape index (κ1) is 18.9. The van der Waals surface area contributed by atoms with Gasteiger partial charge in [-0.25, -0.2) is 14.6 Å². The van der Waals surface area contributed by atoms with Crippen LogP contribution in [0.25, 0.3) is 6.08 Å². The Labute approximate surface area is 149 Å². The number of carbonyl (C=O) groups excluding carboxylic acids is 3. The second-order valence-electron chi connectivity index (χ2n) is 5.34. The van der Waals surface area contributed by atoms with E-state index < -0.39 is 5.97 Å². The molecule has 0 aromatic carbocycles. The van der Waals surface area contributed by atoms with Crippen molar-refractivity contribution in [3.63, 3.8) is 0 Å². The van der Waals surface area contributed by atoms with Gasteiger partial charge in [0, 0.05) is 36.8 Å². The van der Waals surface area contributed by atoms with Gasteiger partial charge in [0.15, 0.2) is 6.61 Å². The molecule has 1 aromatic rings. The van der Waals surface area contributed by atoms with Gasteiger partial charge in [0.2, 0.25) is 0 Å². The molecule has 2 amide bonds. The smallest absolute Gasteiger partial charge is 0.409 e. The molecule has 1 saturated heterocycles. The molecule has 2 rings (SSSR count). The number of amides is 2. The molecule has 136 valence electrons. The van der Waals surface area contributed by atoms with Gasteiger partial charge in [0.05, 0.1) is 6.61 Å². The van der Waals surface area contributed by atoms with Crippen LogP contribution >= 0.6 is 11.3 Å². The summed E-state index contributed by atoms with van der Waals surface area (Å²) in [6.45, 7) is 2.83. The first-order valence-corrected chi connectivity index (χ1v) is 8.92. The molecule has 0 spiro atoms. The average Bonchev–Trinajstić information content (AvgIpc) is 3.12. The number of nitrogens with zero attached hydrogens (tertiary/aromatic N) is 2. The molecule has 1 fully saturated rings. The number of nitrogens with one attached hydrogen (secondary N) is 1. The highest BCUT2D eigenvalue weighted by molar-refractivity contribution is 7.10. The number of esters is 1. The third kappa shape index (κ3) is 6.54. The van der Waals surface area contributed by atoms with E-state index in [0.717, 1.165) is 0 Å². The van der Waals surface area contributed by atoms with Crippen LogP contribution in [0.1, 0.15) is 24.8 Å². The van der Waals surface area contributed by atoms with Gasteiger partial charge in [0.1, 0.15) is 5.01 Å². The lowest BCUT2D eigenvalue weighted by Gasteiger charge is -2.31. The SMILES string of the molecule is CCOC(=O)N1CCC(NC(=O)COC(=O)C=Cc2nccs2)CC1. The highest BCUT2D eigenvalue weighted by Gasteiger charge is 2.24. The van der Waals surface area contributed by atoms with E-state index in [9.17, 15) is 14.4 Å². The number of thiazole rings is 1. The standard InChI is InChI=1S/C16H21N3O5S/c1-2-23-16(22)19-8-5-12(6-9-19)18-13(20)11-24-15(21)4-3-14-17-7-10-25-14/h3-4,7,10,12H,2,5-6,8-9,11H2,1H3,(H,18,20). The largest absolute Gasteiger partial charge is 0.452 e. The molecule has 0 radical (unpaired) electrons. The van der Waals surface area contributed by atoms with E-state index in [-0.39, 0.29) is 24.6 Å². The Bertz CT molecular complexity index is 609. The number of likely N-dealkylation sites (tertiary alicyclic amines) is 1. The predicted molar refractivity (Wildman–Crippen MR) is 91.9 cm³/mol. The average molecular weight is 367 g/mol. The first-order valence-electron chi connectivity index (χ1n) is 8.04. The van der Waals surface area contributed by atoms with Crippen molar-refractivity contribution in [2.75, 3.05) is 26.3 Å². The van der Waals surface area contributed by atoms with E-state index in [2.05, 4.69) is 10.3 Å². The minimum atomic E-state index is -0.595. The maximum absolute atomic E-state index is 11.8. The molecular formula is C16H21N3O5S. The molecule has 1 N–H and O–H groups in total. The number of hydrogen-bond donors (Lipinski definition) is 1. The van der Waals surface area contributed by atoms with E-state index >= 15 is 0 Å². The van der Waals surface area contributed by atoms with Crippen molar-refractivity contribution in [3.8, 4) is 0 Å². The summed E-state index contributed by atoms with van der Waals surface area (Å²) in [6, 6.07) is -0.0391. The monoisotopic (exact) mass is 367 g/mol. The van der Waals surface area contributed by atoms with Crippen molar-refractivity contribution in [1.82, 2.24) is 15.2 Å². The molecule has 1 aromatic heterocycles. The predicted octanol–water partition coefficient (Wildman–Crippen LogP) is 1.44. The summed E-state index contributed by atoms with van der Waals surface area (Å²) in [5.41, 5.74) is 0. The molecule has 0 saturated carbocycles. The summed E-state index contributed by atoms with van der Waals surface area (Å²) in [5, 5.41) is 5.29. The molecule has 1 aliphatic rings. The Hall–Kier alpha value is -2.42. The van der Waals surface area contributed by atoms with E-state index in [1.807, 2.05) is 0 Å². The van der Waals surface area contributed by atoms with Crippen LogP contribution in [-0.2, 0) is 19.1 Å². The third-order valence-corrected chi connectivity index (χ3v) is 4.29. The van der Waals surface area contributed by atoms with Crippen molar-refractivity contribution < 1.29 is 23.9 Å². The molecule has 0 bridgehead atoms. The Morgan fingerprint density at radius 2 is 2.12 bits per heavy atom. The Kier molecular flexibility index (Phi) is 7.39. The summed E-state index contributed by atoms with van der Waals surface area (Å²) in [7, 11) is 0. The zero-order valence-electron chi connectivity index (χ0n) is 14.0. The lowest BCUT2D eigenvalue weighted by Crippen LogP contribution is -2.47. The maximum atomic E-state index is 11.8. The molecule has 9 heteroatoms. The Morgan fingerprint density at radius 3 is 2.76 bits per heavy atom. The zero-order valence-corrected chi connectivity index (χ0v) is 14.8. The second-order valence-corrected chi connectivity index (χ2v) is 6.27. The van der Waals surface area contributed by atoms with Gasteiger partial charge in [-0.3, -0.25) is 4.79 Å². The summed E-state index contributed by atoms with van der Waals surface area (Å²) in [4.78, 5) is 40.6. The second kappa shape index (κ2) is 9.77. The fourth-order valence-corrected chi connectivity index (χ4v) is 2.86. The van der Waals surface area contributed by atoms with Gasteiger partial charge >= 0.3 is 12.1 Å². The summed E-state index contributed by atoms with van der Waals surface area (Å²) in [6.07, 6.45) is 5.37. The number of piperidine rings is 1. The quantitative estimate of drug-likeness (QED) is 0.603. The summed E-state index contributed by atoms with van der Waals surface area (Å²) >= 11 is 1.40. The first-order chi connectivity index (χ1) is 12.1. The molecule has 25 heavy (non-hydrogen) atoms. The normalized spacial score (nSPS) is 15.2. The number of aromatic nitrogens is 1. The molecule has 1 aliphatic heterocycles. The van der Waals surface area contributed by atoms with Crippen LogP contribution < -0.4 is 5.32 Å². The zero-order chi connectivity index (χ0) is 18.1. The molecule has 0 aliphatic carbocycles. The topological polar surface area (TPSA) is 97.8 Å². The molecule has 0 atom stereocenters. The highest BCUT2D eigenvalue weighted by Crippen LogP contribution is 2.11. The molecule has 2 heterocycles. The number of hydrogen-bond acceptors (Lipinski definition) is 7. The fraction of sp³-hybridized carbons (Fsp3) is 0.500. The minimum Gasteiger partial charge on any atom is -0.452 e. The molecule has 0 unspecified atom stereocenters. The third-order valence-electron chi connectivity index (χ3n) is 3.55. The van der Waals surface area contributed by atoms with Crippen molar-refractivity contribution in [2.24, 2.45) is 0 Å². The number of carbonyl (C=O) groups is 3. The van der Waals surface area contributed by atoms with E-state index in [1.54, 1.807) is 23.4 Å². The van der Waals surface area contributed by atoms with Crippen LogP contribution in [0.3, 0.4) is 0 Å². The van der Waals surface area contributed by atoms with Crippen LogP contribution in [0.5, 0.6) is 0 Å². The van der Waals surface area contributed by atoms with Gasteiger partial charge in [-0.1, -0.05) is 0 Å². The van der Waals surface area contributed by atoms with Crippen molar-refractivity contribution in [2.45, 2.75) is 25.8 Å². The fourth-order valence-electron chi connectivity index (χ4n) is 2.33. The highest BCUT2D eigenvalue weighted by atomic mass is 32.1. The van der Waals surface area contributed by atoms with Crippen LogP contribution in [-0.4, -0.2) is 60.2 Å². The molecular weight excluding hydrogens is 346 g/mol. The van der Waals surface area contributed by atoms with Crippen LogP contribution in [0.4, 0.5) is 4.79 Å². The Morgan fingerprint density at radius 1 is 1.36 bits per heavy atom. The van der Waals surface area contributed by atoms with Gasteiger partial charge in [-0.05, 0) is 25.8 Å². The number of rotatable bonds is 6. The van der Waals surface area contributed by atoms with E-state index in [1.165, 1.54) is 23.5 Å². The van der Waals surface area contributed by atoms with Gasteiger partial charge < -0.3 is 19.7 Å². The van der Waals surface area contributed by atoms with Gasteiger partial charge in [-0.15, -0.1) is 11.3 Å². The lowest BCUT2D eigenvalue weighted by atomic mass is 10.1. The van der Waals surface area contributed by atoms with Crippen molar-refractivity contribution in [1.29, 1.82) is 0 Å². The van der Waals surface area contributed by atoms with Crippen LogP contribution in [0.2, 0.25) is 0 Å². The maximum Gasteiger partial charge on any atom is 0.409 e. The summed E-state index contributed by atoms with van der Waals surface area (Å²) < 4.78 is 9.83. The van der Waals surface area contributed by atoms with Crippen LogP contribution in [0, 0.1) is 0 Å². The van der Waals surface area contributed by atoms with Gasteiger partial charge in [-0.2, -0.15) is 0 Å². The molecule has 8 nitrogen and oxygen atoms in total. The van der Waals surface area contributed by atoms with Crippen LogP contribution in [0.15, 0.2) is 17.7 Å². The number of ether oxygens (including phenoxy) is 2. The van der Waals surface area contributed by atoms with Gasteiger partial charge in [0.25, 0.3) is 5.91 Å². The summed E-state index contributed by atoms with van der Waals surface area (Å²) in [5.74, 6) is -0.951. The van der Waals surface area contributed by atoms with E-state index in [0.29, 0.717) is 37.5 Å². The lowest BCUT2D eigenvalue weighted by molar-refractivity contribution is -0.144. The Balaban J connectivity index is 1.64. The van der Waals surface area contributed by atoms with E-state index in [4.69, 9.17) is 9.47 Å². The van der Waals surface area contributed by atoms with Crippen molar-refractivity contribution in [3.05, 3.63) is 22.7 Å². The van der Waals surface area contributed by atoms with Crippen molar-refractivity contribution >= 4 is 35.4 Å². The minimum absolute atomic E-state index is 0.0391.